The number of rotatable bonds is 3. The Balaban J connectivity index is 2.00. The zero-order chi connectivity index (χ0) is 14.7. The van der Waals surface area contributed by atoms with Crippen LogP contribution in [0.5, 0.6) is 5.75 Å². The second-order valence-electron chi connectivity index (χ2n) is 6.14. The van der Waals surface area contributed by atoms with Gasteiger partial charge in [-0.2, -0.15) is 0 Å². The molecule has 0 radical (unpaired) electrons. The van der Waals surface area contributed by atoms with Gasteiger partial charge in [0.25, 0.3) is 0 Å². The molecule has 0 aromatic heterocycles. The number of phenolic OH excluding ortho intramolecular Hbond substituents is 1. The Morgan fingerprint density at radius 3 is 2.35 bits per heavy atom. The fourth-order valence-corrected chi connectivity index (χ4v) is 3.51. The molecule has 2 atom stereocenters. The minimum absolute atomic E-state index is 0.0420. The molecule has 0 amide bonds. The summed E-state index contributed by atoms with van der Waals surface area (Å²) in [5.41, 5.74) is 0.894. The third-order valence-electron chi connectivity index (χ3n) is 4.34. The Labute approximate surface area is 131 Å². The van der Waals surface area contributed by atoms with E-state index in [4.69, 9.17) is 23.2 Å². The van der Waals surface area contributed by atoms with Crippen molar-refractivity contribution in [2.45, 2.75) is 52.0 Å². The van der Waals surface area contributed by atoms with E-state index in [1.165, 1.54) is 32.1 Å². The molecular formula is C16H23Cl2NO. The zero-order valence-electron chi connectivity index (χ0n) is 12.1. The van der Waals surface area contributed by atoms with Crippen molar-refractivity contribution in [1.82, 2.24) is 0 Å². The van der Waals surface area contributed by atoms with Gasteiger partial charge in [-0.05, 0) is 43.2 Å². The van der Waals surface area contributed by atoms with E-state index in [-0.39, 0.29) is 5.75 Å². The number of benzene rings is 1. The van der Waals surface area contributed by atoms with Gasteiger partial charge in [-0.3, -0.25) is 0 Å². The Kier molecular flexibility index (Phi) is 5.45. The van der Waals surface area contributed by atoms with Gasteiger partial charge < -0.3 is 10.4 Å². The van der Waals surface area contributed by atoms with E-state index in [0.717, 1.165) is 17.5 Å². The smallest absolute Gasteiger partial charge is 0.152 e. The zero-order valence-corrected chi connectivity index (χ0v) is 13.6. The molecule has 2 nitrogen and oxygen atoms in total. The molecular weight excluding hydrogens is 293 g/mol. The molecule has 0 saturated heterocycles. The van der Waals surface area contributed by atoms with Gasteiger partial charge in [-0.15, -0.1) is 0 Å². The summed E-state index contributed by atoms with van der Waals surface area (Å²) >= 11 is 11.9. The van der Waals surface area contributed by atoms with E-state index in [1.807, 2.05) is 0 Å². The molecule has 0 heterocycles. The summed E-state index contributed by atoms with van der Waals surface area (Å²) in [6, 6.07) is 3.96. The molecule has 1 aliphatic rings. The van der Waals surface area contributed by atoms with E-state index >= 15 is 0 Å². The molecule has 0 bridgehead atoms. The molecule has 1 fully saturated rings. The van der Waals surface area contributed by atoms with Crippen molar-refractivity contribution in [3.8, 4) is 5.75 Å². The van der Waals surface area contributed by atoms with Crippen LogP contribution < -0.4 is 5.32 Å². The van der Waals surface area contributed by atoms with Crippen molar-refractivity contribution in [3.63, 3.8) is 0 Å². The highest BCUT2D eigenvalue weighted by Gasteiger charge is 2.21. The molecule has 1 aromatic rings. The van der Waals surface area contributed by atoms with Crippen LogP contribution in [0.1, 0.15) is 46.0 Å². The van der Waals surface area contributed by atoms with Crippen molar-refractivity contribution < 1.29 is 5.11 Å². The van der Waals surface area contributed by atoms with E-state index < -0.39 is 0 Å². The Hall–Kier alpha value is -0.600. The molecule has 0 aliphatic heterocycles. The van der Waals surface area contributed by atoms with Gasteiger partial charge in [0.1, 0.15) is 0 Å². The van der Waals surface area contributed by atoms with E-state index in [2.05, 4.69) is 19.2 Å². The number of aromatic hydroxyl groups is 1. The van der Waals surface area contributed by atoms with Crippen molar-refractivity contribution >= 4 is 28.9 Å². The number of hydrogen-bond acceptors (Lipinski definition) is 2. The van der Waals surface area contributed by atoms with E-state index in [1.54, 1.807) is 12.1 Å². The highest BCUT2D eigenvalue weighted by atomic mass is 35.5. The quantitative estimate of drug-likeness (QED) is 0.552. The van der Waals surface area contributed by atoms with Crippen LogP contribution in [0.3, 0.4) is 0 Å². The molecule has 2 unspecified atom stereocenters. The maximum Gasteiger partial charge on any atom is 0.152 e. The Bertz CT molecular complexity index is 439. The lowest BCUT2D eigenvalue weighted by Gasteiger charge is -2.20. The van der Waals surface area contributed by atoms with Gasteiger partial charge in [0.15, 0.2) is 5.75 Å². The van der Waals surface area contributed by atoms with Crippen LogP contribution in [-0.2, 0) is 0 Å². The van der Waals surface area contributed by atoms with Crippen molar-refractivity contribution in [2.24, 2.45) is 11.8 Å². The highest BCUT2D eigenvalue weighted by Crippen LogP contribution is 2.36. The van der Waals surface area contributed by atoms with Gasteiger partial charge in [-0.25, -0.2) is 0 Å². The average molecular weight is 316 g/mol. The number of halogens is 2. The molecule has 1 aromatic carbocycles. The summed E-state index contributed by atoms with van der Waals surface area (Å²) in [7, 11) is 0. The van der Waals surface area contributed by atoms with Crippen LogP contribution in [0.15, 0.2) is 12.1 Å². The predicted molar refractivity (Wildman–Crippen MR) is 87.0 cm³/mol. The Morgan fingerprint density at radius 1 is 1.10 bits per heavy atom. The first-order valence-corrected chi connectivity index (χ1v) is 8.17. The summed E-state index contributed by atoms with van der Waals surface area (Å²) in [4.78, 5) is 0. The molecule has 1 aliphatic carbocycles. The number of phenols is 1. The lowest BCUT2D eigenvalue weighted by molar-refractivity contribution is 0.341. The summed E-state index contributed by atoms with van der Waals surface area (Å²) < 4.78 is 0. The molecule has 4 heteroatoms. The van der Waals surface area contributed by atoms with Gasteiger partial charge in [-0.1, -0.05) is 49.9 Å². The second kappa shape index (κ2) is 6.91. The van der Waals surface area contributed by atoms with Crippen LogP contribution in [-0.4, -0.2) is 11.1 Å². The first-order valence-electron chi connectivity index (χ1n) is 7.42. The molecule has 112 valence electrons. The van der Waals surface area contributed by atoms with Crippen LogP contribution in [0.2, 0.25) is 10.0 Å². The molecule has 2 N–H and O–H groups in total. The summed E-state index contributed by atoms with van der Waals surface area (Å²) in [5.74, 6) is 1.57. The number of hydrogen-bond donors (Lipinski definition) is 2. The normalized spacial score (nSPS) is 23.6. The van der Waals surface area contributed by atoms with Crippen LogP contribution >= 0.6 is 23.2 Å². The number of anilines is 1. The standard InChI is InChI=1S/C16H23Cl2NO/c1-10(2)11-4-3-5-12(7-6-11)19-13-8-14(17)16(20)15(18)9-13/h8-12,19-20H,3-7H2,1-2H3. The number of nitrogens with one attached hydrogen (secondary N) is 1. The lowest BCUT2D eigenvalue weighted by Crippen LogP contribution is -2.18. The van der Waals surface area contributed by atoms with Crippen molar-refractivity contribution in [1.29, 1.82) is 0 Å². The van der Waals surface area contributed by atoms with E-state index in [0.29, 0.717) is 16.1 Å². The van der Waals surface area contributed by atoms with Crippen LogP contribution in [0.25, 0.3) is 0 Å². The minimum Gasteiger partial charge on any atom is -0.505 e. The maximum atomic E-state index is 9.59. The first kappa shape index (κ1) is 15.8. The second-order valence-corrected chi connectivity index (χ2v) is 6.96. The third kappa shape index (κ3) is 3.95. The summed E-state index contributed by atoms with van der Waals surface area (Å²) in [6.45, 7) is 4.63. The van der Waals surface area contributed by atoms with Crippen molar-refractivity contribution in [3.05, 3.63) is 22.2 Å². The highest BCUT2D eigenvalue weighted by molar-refractivity contribution is 6.37. The third-order valence-corrected chi connectivity index (χ3v) is 4.92. The summed E-state index contributed by atoms with van der Waals surface area (Å²) in [5, 5.41) is 13.7. The maximum absolute atomic E-state index is 9.59. The first-order chi connectivity index (χ1) is 9.47. The van der Waals surface area contributed by atoms with Gasteiger partial charge >= 0.3 is 0 Å². The molecule has 0 spiro atoms. The van der Waals surface area contributed by atoms with E-state index in [9.17, 15) is 5.11 Å². The van der Waals surface area contributed by atoms with Crippen LogP contribution in [0.4, 0.5) is 5.69 Å². The fourth-order valence-electron chi connectivity index (χ4n) is 3.03. The van der Waals surface area contributed by atoms with Crippen LogP contribution in [0, 0.1) is 11.8 Å². The monoisotopic (exact) mass is 315 g/mol. The molecule has 20 heavy (non-hydrogen) atoms. The SMILES string of the molecule is CC(C)C1CCCC(Nc2cc(Cl)c(O)c(Cl)c2)CC1. The minimum atomic E-state index is -0.0420. The lowest BCUT2D eigenvalue weighted by atomic mass is 9.89. The summed E-state index contributed by atoms with van der Waals surface area (Å²) in [6.07, 6.45) is 6.22. The molecule has 2 rings (SSSR count). The van der Waals surface area contributed by atoms with Gasteiger partial charge in [0.05, 0.1) is 10.0 Å². The topological polar surface area (TPSA) is 32.3 Å². The predicted octanol–water partition coefficient (Wildman–Crippen LogP) is 5.72. The largest absolute Gasteiger partial charge is 0.505 e. The average Bonchev–Trinajstić information content (AvgIpc) is 2.61. The fraction of sp³-hybridized carbons (Fsp3) is 0.625. The van der Waals surface area contributed by atoms with Crippen molar-refractivity contribution in [2.75, 3.05) is 5.32 Å². The van der Waals surface area contributed by atoms with Gasteiger partial charge in [0, 0.05) is 11.7 Å². The Morgan fingerprint density at radius 2 is 1.75 bits per heavy atom. The molecule has 1 saturated carbocycles. The van der Waals surface area contributed by atoms with Gasteiger partial charge in [0.2, 0.25) is 0 Å².